The predicted octanol–water partition coefficient (Wildman–Crippen LogP) is 2.78. The minimum Gasteiger partial charge on any atom is -0.247 e. The first-order valence-corrected chi connectivity index (χ1v) is 4.43. The van der Waals surface area contributed by atoms with Crippen molar-refractivity contribution in [2.75, 3.05) is 0 Å². The Labute approximate surface area is 61.8 Å². The van der Waals surface area contributed by atoms with Crippen molar-refractivity contribution in [3.8, 4) is 0 Å². The Morgan fingerprint density at radius 3 is 2.80 bits per heavy atom. The molecule has 0 bridgehead atoms. The smallest absolute Gasteiger partial charge is 0.106 e. The zero-order valence-electron chi connectivity index (χ0n) is 6.52. The van der Waals surface area contributed by atoms with Crippen LogP contribution in [0.15, 0.2) is 0 Å². The van der Waals surface area contributed by atoms with Gasteiger partial charge in [0, 0.05) is 0 Å². The van der Waals surface area contributed by atoms with Crippen LogP contribution in [0.3, 0.4) is 0 Å². The van der Waals surface area contributed by atoms with E-state index < -0.39 is 6.17 Å². The lowest BCUT2D eigenvalue weighted by Crippen LogP contribution is -2.13. The zero-order chi connectivity index (χ0) is 7.14. The summed E-state index contributed by atoms with van der Waals surface area (Å²) in [5.41, 5.74) is 0. The van der Waals surface area contributed by atoms with Gasteiger partial charge in [0.1, 0.15) is 6.17 Å². The lowest BCUT2D eigenvalue weighted by Gasteiger charge is -2.11. The third kappa shape index (κ3) is 0.792. The first-order valence-electron chi connectivity index (χ1n) is 4.43. The Hall–Kier alpha value is -0.0700. The number of hydrogen-bond acceptors (Lipinski definition) is 0. The number of fused-ring (bicyclic) bond motifs is 1. The lowest BCUT2D eigenvalue weighted by molar-refractivity contribution is 0.210. The lowest BCUT2D eigenvalue weighted by atomic mass is 10.00. The van der Waals surface area contributed by atoms with E-state index in [0.717, 1.165) is 18.8 Å². The van der Waals surface area contributed by atoms with Gasteiger partial charge in [-0.1, -0.05) is 19.8 Å². The van der Waals surface area contributed by atoms with Crippen LogP contribution in [-0.4, -0.2) is 6.17 Å². The van der Waals surface area contributed by atoms with Crippen molar-refractivity contribution in [2.24, 2.45) is 17.8 Å². The molecule has 4 unspecified atom stereocenters. The number of hydrogen-bond donors (Lipinski definition) is 0. The molecule has 0 N–H and O–H groups in total. The third-order valence-electron chi connectivity index (χ3n) is 3.35. The second kappa shape index (κ2) is 2.21. The summed E-state index contributed by atoms with van der Waals surface area (Å²) in [4.78, 5) is 0. The van der Waals surface area contributed by atoms with Crippen LogP contribution in [0.1, 0.15) is 32.6 Å². The minimum absolute atomic E-state index is 0.357. The molecule has 0 amide bonds. The molecule has 0 aliphatic heterocycles. The van der Waals surface area contributed by atoms with E-state index in [1.54, 1.807) is 0 Å². The second-order valence-electron chi connectivity index (χ2n) is 4.01. The van der Waals surface area contributed by atoms with Gasteiger partial charge in [-0.2, -0.15) is 0 Å². The topological polar surface area (TPSA) is 0 Å². The van der Waals surface area contributed by atoms with Gasteiger partial charge >= 0.3 is 0 Å². The average molecular weight is 142 g/mol. The molecule has 2 saturated carbocycles. The van der Waals surface area contributed by atoms with Crippen molar-refractivity contribution >= 4 is 0 Å². The van der Waals surface area contributed by atoms with E-state index in [-0.39, 0.29) is 0 Å². The van der Waals surface area contributed by atoms with Gasteiger partial charge in [0.15, 0.2) is 0 Å². The van der Waals surface area contributed by atoms with Gasteiger partial charge in [0.05, 0.1) is 0 Å². The highest BCUT2D eigenvalue weighted by atomic mass is 19.1. The molecule has 58 valence electrons. The highest BCUT2D eigenvalue weighted by Gasteiger charge is 2.43. The van der Waals surface area contributed by atoms with Crippen LogP contribution in [0, 0.1) is 17.8 Å². The maximum absolute atomic E-state index is 13.3. The van der Waals surface area contributed by atoms with Gasteiger partial charge < -0.3 is 0 Å². The highest BCUT2D eigenvalue weighted by Crippen LogP contribution is 2.47. The molecule has 0 spiro atoms. The van der Waals surface area contributed by atoms with Gasteiger partial charge in [-0.25, -0.2) is 4.39 Å². The van der Waals surface area contributed by atoms with E-state index in [0.29, 0.717) is 11.8 Å². The fraction of sp³-hybridized carbons (Fsp3) is 1.00. The Balaban J connectivity index is 2.09. The second-order valence-corrected chi connectivity index (χ2v) is 4.01. The summed E-state index contributed by atoms with van der Waals surface area (Å²) < 4.78 is 13.3. The Morgan fingerprint density at radius 2 is 2.10 bits per heavy atom. The number of halogens is 1. The molecule has 0 radical (unpaired) electrons. The molecule has 2 aliphatic carbocycles. The summed E-state index contributed by atoms with van der Waals surface area (Å²) >= 11 is 0. The third-order valence-corrected chi connectivity index (χ3v) is 3.35. The largest absolute Gasteiger partial charge is 0.247 e. The molecule has 4 atom stereocenters. The molecule has 2 aliphatic rings. The van der Waals surface area contributed by atoms with Gasteiger partial charge in [-0.3, -0.25) is 0 Å². The molecule has 0 saturated heterocycles. The van der Waals surface area contributed by atoms with Gasteiger partial charge in [-0.15, -0.1) is 0 Å². The van der Waals surface area contributed by atoms with Gasteiger partial charge in [0.25, 0.3) is 0 Å². The Bertz CT molecular complexity index is 131. The quantitative estimate of drug-likeness (QED) is 0.488. The summed E-state index contributed by atoms with van der Waals surface area (Å²) in [5, 5.41) is 0. The number of rotatable bonds is 0. The van der Waals surface area contributed by atoms with Crippen molar-refractivity contribution in [2.45, 2.75) is 38.8 Å². The van der Waals surface area contributed by atoms with E-state index in [1.807, 2.05) is 0 Å². The molecule has 0 nitrogen and oxygen atoms in total. The molecule has 10 heavy (non-hydrogen) atoms. The molecule has 0 aromatic rings. The molecule has 0 aromatic carbocycles. The van der Waals surface area contributed by atoms with Crippen molar-refractivity contribution in [3.05, 3.63) is 0 Å². The summed E-state index contributed by atoms with van der Waals surface area (Å²) in [6.07, 6.45) is 4.44. The molecule has 0 aromatic heterocycles. The van der Waals surface area contributed by atoms with Crippen LogP contribution in [0.2, 0.25) is 0 Å². The van der Waals surface area contributed by atoms with Gasteiger partial charge in [-0.05, 0) is 30.6 Å². The minimum atomic E-state index is -0.465. The van der Waals surface area contributed by atoms with E-state index in [9.17, 15) is 4.39 Å². The van der Waals surface area contributed by atoms with Crippen LogP contribution in [0.5, 0.6) is 0 Å². The fourth-order valence-electron chi connectivity index (χ4n) is 2.81. The molecule has 1 heteroatoms. The van der Waals surface area contributed by atoms with Crippen LogP contribution in [0.25, 0.3) is 0 Å². The Kier molecular flexibility index (Phi) is 1.47. The maximum atomic E-state index is 13.3. The van der Waals surface area contributed by atoms with Crippen molar-refractivity contribution in [1.82, 2.24) is 0 Å². The normalized spacial score (nSPS) is 53.4. The molecule has 2 rings (SSSR count). The molecule has 0 heterocycles. The first kappa shape index (κ1) is 6.63. The monoisotopic (exact) mass is 142 g/mol. The molecule has 2 fully saturated rings. The SMILES string of the molecule is CC1CC2CCCC2C1F. The van der Waals surface area contributed by atoms with E-state index in [1.165, 1.54) is 12.8 Å². The van der Waals surface area contributed by atoms with Crippen molar-refractivity contribution in [3.63, 3.8) is 0 Å². The van der Waals surface area contributed by atoms with Gasteiger partial charge in [0.2, 0.25) is 0 Å². The predicted molar refractivity (Wildman–Crippen MR) is 39.5 cm³/mol. The summed E-state index contributed by atoms with van der Waals surface area (Å²) in [6, 6.07) is 0. The first-order chi connectivity index (χ1) is 4.79. The fourth-order valence-corrected chi connectivity index (χ4v) is 2.81. The maximum Gasteiger partial charge on any atom is 0.106 e. The van der Waals surface area contributed by atoms with Crippen LogP contribution in [0.4, 0.5) is 4.39 Å². The average Bonchev–Trinajstić information content (AvgIpc) is 2.41. The molecular formula is C9H15F. The standard InChI is InChI=1S/C9H15F/c1-6-5-7-3-2-4-8(7)9(6)10/h6-9H,2-5H2,1H3. The van der Waals surface area contributed by atoms with Crippen LogP contribution in [-0.2, 0) is 0 Å². The van der Waals surface area contributed by atoms with Crippen LogP contribution >= 0.6 is 0 Å². The number of alkyl halides is 1. The van der Waals surface area contributed by atoms with Crippen molar-refractivity contribution in [1.29, 1.82) is 0 Å². The zero-order valence-corrected chi connectivity index (χ0v) is 6.52. The summed E-state index contributed by atoms with van der Waals surface area (Å²) in [6.45, 7) is 2.06. The van der Waals surface area contributed by atoms with E-state index >= 15 is 0 Å². The molecular weight excluding hydrogens is 127 g/mol. The Morgan fingerprint density at radius 1 is 1.30 bits per heavy atom. The summed E-state index contributed by atoms with van der Waals surface area (Å²) in [7, 11) is 0. The van der Waals surface area contributed by atoms with Crippen molar-refractivity contribution < 1.29 is 4.39 Å². The summed E-state index contributed by atoms with van der Waals surface area (Å²) in [5.74, 6) is 1.57. The van der Waals surface area contributed by atoms with Crippen LogP contribution < -0.4 is 0 Å². The highest BCUT2D eigenvalue weighted by molar-refractivity contribution is 4.92. The van der Waals surface area contributed by atoms with E-state index in [4.69, 9.17) is 0 Å². The van der Waals surface area contributed by atoms with E-state index in [2.05, 4.69) is 6.92 Å².